The van der Waals surface area contributed by atoms with Crippen LogP contribution in [0.1, 0.15) is 0 Å². The van der Waals surface area contributed by atoms with Crippen LogP contribution in [0.25, 0.3) is 39.2 Å². The molecule has 0 saturated carbocycles. The molecule has 3 aromatic carbocycles. The molecule has 0 bridgehead atoms. The fourth-order valence-electron chi connectivity index (χ4n) is 3.52. The second-order valence-corrected chi connectivity index (χ2v) is 6.91. The van der Waals surface area contributed by atoms with E-state index in [1.807, 2.05) is 59.2 Å². The summed E-state index contributed by atoms with van der Waals surface area (Å²) >= 11 is 0. The van der Waals surface area contributed by atoms with Gasteiger partial charge in [-0.1, -0.05) is 17.3 Å². The average Bonchev–Trinajstić information content (AvgIpc) is 3.44. The number of benzene rings is 3. The third-order valence-electron chi connectivity index (χ3n) is 5.07. The van der Waals surface area contributed by atoms with E-state index in [9.17, 15) is 4.79 Å². The number of nitrogens with zero attached hydrogens (tertiary/aromatic N) is 3. The summed E-state index contributed by atoms with van der Waals surface area (Å²) in [4.78, 5) is 18.4. The van der Waals surface area contributed by atoms with Crippen LogP contribution < -0.4 is 15.2 Å². The molecule has 0 aliphatic rings. The molecule has 0 atom stereocenters. The minimum absolute atomic E-state index is 0.372. The lowest BCUT2D eigenvalue weighted by Gasteiger charge is -2.11. The molecule has 0 unspecified atom stereocenters. The highest BCUT2D eigenvalue weighted by Crippen LogP contribution is 2.31. The van der Waals surface area contributed by atoms with Crippen LogP contribution in [0.15, 0.2) is 76.3 Å². The molecule has 0 aliphatic heterocycles. The maximum absolute atomic E-state index is 11.3. The molecule has 2 aromatic heterocycles. The Labute approximate surface area is 176 Å². The normalized spacial score (nSPS) is 11.0. The summed E-state index contributed by atoms with van der Waals surface area (Å²) in [7, 11) is 3.26. The molecule has 0 amide bonds. The van der Waals surface area contributed by atoms with E-state index in [1.54, 1.807) is 20.5 Å². The molecular formula is C23H18N4O4. The van der Waals surface area contributed by atoms with Gasteiger partial charge in [0.1, 0.15) is 17.8 Å². The zero-order chi connectivity index (χ0) is 21.4. The van der Waals surface area contributed by atoms with Crippen LogP contribution in [-0.4, -0.2) is 33.9 Å². The van der Waals surface area contributed by atoms with E-state index in [1.165, 1.54) is 0 Å². The van der Waals surface area contributed by atoms with Crippen molar-refractivity contribution in [3.63, 3.8) is 0 Å². The number of rotatable bonds is 5. The van der Waals surface area contributed by atoms with Crippen LogP contribution in [0.5, 0.6) is 11.5 Å². The number of fused-ring (bicyclic) bond motifs is 1. The van der Waals surface area contributed by atoms with Gasteiger partial charge in [0.25, 0.3) is 0 Å². The van der Waals surface area contributed by atoms with Crippen molar-refractivity contribution in [1.29, 1.82) is 0 Å². The van der Waals surface area contributed by atoms with Gasteiger partial charge in [0.2, 0.25) is 0 Å². The predicted octanol–water partition coefficient (Wildman–Crippen LogP) is 4.05. The molecule has 0 radical (unpaired) electrons. The van der Waals surface area contributed by atoms with E-state index in [0.29, 0.717) is 5.82 Å². The minimum Gasteiger partial charge on any atom is -0.497 e. The highest BCUT2D eigenvalue weighted by Gasteiger charge is 2.11. The van der Waals surface area contributed by atoms with E-state index >= 15 is 0 Å². The van der Waals surface area contributed by atoms with E-state index in [-0.39, 0.29) is 0 Å². The second kappa shape index (κ2) is 7.49. The molecular weight excluding hydrogens is 396 g/mol. The summed E-state index contributed by atoms with van der Waals surface area (Å²) in [6.07, 6.45) is 1.77. The van der Waals surface area contributed by atoms with E-state index in [2.05, 4.69) is 25.7 Å². The molecule has 31 heavy (non-hydrogen) atoms. The Morgan fingerprint density at radius 1 is 0.903 bits per heavy atom. The largest absolute Gasteiger partial charge is 0.497 e. The van der Waals surface area contributed by atoms with Crippen LogP contribution in [-0.2, 0) is 0 Å². The monoisotopic (exact) mass is 414 g/mol. The van der Waals surface area contributed by atoms with Crippen molar-refractivity contribution in [3.8, 4) is 39.7 Å². The van der Waals surface area contributed by atoms with E-state index < -0.39 is 5.76 Å². The first-order valence-corrected chi connectivity index (χ1v) is 9.52. The number of aromatic amines is 1. The van der Waals surface area contributed by atoms with Crippen LogP contribution in [0.4, 0.5) is 0 Å². The minimum atomic E-state index is -0.593. The highest BCUT2D eigenvalue weighted by atomic mass is 16.5. The first-order valence-electron chi connectivity index (χ1n) is 9.52. The summed E-state index contributed by atoms with van der Waals surface area (Å²) in [5.41, 5.74) is 5.35. The zero-order valence-corrected chi connectivity index (χ0v) is 16.8. The average molecular weight is 414 g/mol. The molecule has 0 spiro atoms. The maximum atomic E-state index is 11.3. The molecule has 8 nitrogen and oxygen atoms in total. The van der Waals surface area contributed by atoms with Crippen LogP contribution in [0, 0.1) is 0 Å². The first kappa shape index (κ1) is 18.7. The van der Waals surface area contributed by atoms with Crippen LogP contribution in [0.3, 0.4) is 0 Å². The smallest absolute Gasteiger partial charge is 0.439 e. The van der Waals surface area contributed by atoms with Crippen molar-refractivity contribution in [3.05, 3.63) is 77.5 Å². The van der Waals surface area contributed by atoms with E-state index in [0.717, 1.165) is 44.9 Å². The SMILES string of the molecule is COc1cc(OC)cc(-c2cccc(-n3cnc4ccc(-c5noc(=O)[nH]5)cc43)c2)c1. The van der Waals surface area contributed by atoms with Crippen molar-refractivity contribution >= 4 is 11.0 Å². The van der Waals surface area contributed by atoms with Gasteiger partial charge in [-0.25, -0.2) is 9.78 Å². The summed E-state index contributed by atoms with van der Waals surface area (Å²) in [5.74, 6) is 1.22. The van der Waals surface area contributed by atoms with E-state index in [4.69, 9.17) is 9.47 Å². The van der Waals surface area contributed by atoms with Crippen LogP contribution in [0.2, 0.25) is 0 Å². The Balaban J connectivity index is 1.61. The predicted molar refractivity (Wildman–Crippen MR) is 116 cm³/mol. The lowest BCUT2D eigenvalue weighted by molar-refractivity contribution is 0.388. The third kappa shape index (κ3) is 3.44. The van der Waals surface area contributed by atoms with Gasteiger partial charge in [-0.15, -0.1) is 0 Å². The highest BCUT2D eigenvalue weighted by molar-refractivity contribution is 5.82. The van der Waals surface area contributed by atoms with Gasteiger partial charge in [-0.05, 0) is 53.6 Å². The molecule has 8 heteroatoms. The molecule has 0 aliphatic carbocycles. The Morgan fingerprint density at radius 3 is 2.42 bits per heavy atom. The summed E-state index contributed by atoms with van der Waals surface area (Å²) < 4.78 is 17.4. The number of methoxy groups -OCH3 is 2. The van der Waals surface area contributed by atoms with Gasteiger partial charge in [-0.3, -0.25) is 14.1 Å². The topological polar surface area (TPSA) is 95.2 Å². The molecule has 0 saturated heterocycles. The fourth-order valence-corrected chi connectivity index (χ4v) is 3.52. The first-order chi connectivity index (χ1) is 15.1. The number of ether oxygens (including phenoxy) is 2. The molecule has 5 aromatic rings. The number of imidazole rings is 1. The van der Waals surface area contributed by atoms with Crippen molar-refractivity contribution in [2.45, 2.75) is 0 Å². The standard InChI is InChI=1S/C23H18N4O4/c1-29-18-9-16(10-19(12-18)30-2)14-4-3-5-17(8-14)27-13-24-20-7-6-15(11-21(20)27)22-25-23(28)31-26-22/h3-13H,1-2H3,(H,25,26,28). The van der Waals surface area contributed by atoms with Gasteiger partial charge in [-0.2, -0.15) is 0 Å². The molecule has 0 fully saturated rings. The maximum Gasteiger partial charge on any atom is 0.439 e. The Hall–Kier alpha value is -4.33. The Kier molecular flexibility index (Phi) is 4.51. The van der Waals surface area contributed by atoms with Gasteiger partial charge in [0.15, 0.2) is 5.82 Å². The molecule has 2 heterocycles. The number of hydrogen-bond donors (Lipinski definition) is 1. The zero-order valence-electron chi connectivity index (χ0n) is 16.8. The van der Waals surface area contributed by atoms with Gasteiger partial charge >= 0.3 is 5.76 Å². The summed E-state index contributed by atoms with van der Waals surface area (Å²) in [6.45, 7) is 0. The fraction of sp³-hybridized carbons (Fsp3) is 0.0870. The number of H-pyrrole nitrogens is 1. The van der Waals surface area contributed by atoms with Crippen molar-refractivity contribution < 1.29 is 14.0 Å². The van der Waals surface area contributed by atoms with Gasteiger partial charge in [0, 0.05) is 17.3 Å². The lowest BCUT2D eigenvalue weighted by Crippen LogP contribution is -1.95. The molecule has 5 rings (SSSR count). The van der Waals surface area contributed by atoms with Crippen molar-refractivity contribution in [2.75, 3.05) is 14.2 Å². The van der Waals surface area contributed by atoms with Crippen molar-refractivity contribution in [1.82, 2.24) is 19.7 Å². The number of aromatic nitrogens is 4. The second-order valence-electron chi connectivity index (χ2n) is 6.91. The summed E-state index contributed by atoms with van der Waals surface area (Å²) in [5, 5.41) is 3.77. The lowest BCUT2D eigenvalue weighted by atomic mass is 10.0. The Morgan fingerprint density at radius 2 is 1.71 bits per heavy atom. The van der Waals surface area contributed by atoms with Gasteiger partial charge < -0.3 is 9.47 Å². The number of nitrogens with one attached hydrogen (secondary N) is 1. The molecule has 154 valence electrons. The van der Waals surface area contributed by atoms with Gasteiger partial charge in [0.05, 0.1) is 25.3 Å². The quantitative estimate of drug-likeness (QED) is 0.466. The third-order valence-corrected chi connectivity index (χ3v) is 5.07. The number of hydrogen-bond acceptors (Lipinski definition) is 6. The van der Waals surface area contributed by atoms with Crippen LogP contribution >= 0.6 is 0 Å². The van der Waals surface area contributed by atoms with Crippen molar-refractivity contribution in [2.24, 2.45) is 0 Å². The Bertz CT molecular complexity index is 1430. The molecule has 1 N–H and O–H groups in total. The summed E-state index contributed by atoms with van der Waals surface area (Å²) in [6, 6.07) is 19.5.